The number of aromatic nitrogens is 3. The molecule has 0 atom stereocenters. The second kappa shape index (κ2) is 11.9. The van der Waals surface area contributed by atoms with Crippen LogP contribution in [-0.2, 0) is 13.1 Å². The fourth-order valence-corrected chi connectivity index (χ4v) is 4.39. The van der Waals surface area contributed by atoms with Crippen LogP contribution in [0.1, 0.15) is 47.6 Å². The molecule has 0 saturated heterocycles. The molecule has 0 aliphatic carbocycles. The number of pyridine rings is 1. The van der Waals surface area contributed by atoms with E-state index in [1.165, 1.54) is 4.57 Å². The SMILES string of the molecule is COc1ccc(CNc2cc(Cn3c(Oc4cc(C)cc(C#N)c4)c(C(C)C)c(=O)[nH]c3=O)cc(Cl)n2)cc1. The smallest absolute Gasteiger partial charge is 0.331 e. The topological polar surface area (TPSA) is 122 Å². The highest BCUT2D eigenvalue weighted by Gasteiger charge is 2.21. The molecule has 2 aromatic heterocycles. The third-order valence-corrected chi connectivity index (χ3v) is 6.18. The summed E-state index contributed by atoms with van der Waals surface area (Å²) >= 11 is 6.33. The molecule has 4 aromatic rings. The summed E-state index contributed by atoms with van der Waals surface area (Å²) < 4.78 is 12.7. The number of nitrogens with zero attached hydrogens (tertiary/aromatic N) is 3. The molecule has 0 aliphatic rings. The zero-order valence-electron chi connectivity index (χ0n) is 22.0. The van der Waals surface area contributed by atoms with Crippen molar-refractivity contribution >= 4 is 17.4 Å². The number of H-pyrrole nitrogens is 1. The van der Waals surface area contributed by atoms with Crippen molar-refractivity contribution in [2.45, 2.75) is 39.8 Å². The van der Waals surface area contributed by atoms with Crippen LogP contribution in [0.2, 0.25) is 5.15 Å². The maximum absolute atomic E-state index is 13.1. The lowest BCUT2D eigenvalue weighted by Gasteiger charge is -2.19. The Labute approximate surface area is 230 Å². The van der Waals surface area contributed by atoms with Crippen LogP contribution in [0.15, 0.2) is 64.2 Å². The molecule has 0 aliphatic heterocycles. The molecule has 4 rings (SSSR count). The van der Waals surface area contributed by atoms with Gasteiger partial charge >= 0.3 is 5.69 Å². The normalized spacial score (nSPS) is 10.8. The van der Waals surface area contributed by atoms with Crippen LogP contribution in [0, 0.1) is 18.3 Å². The van der Waals surface area contributed by atoms with E-state index in [0.717, 1.165) is 16.9 Å². The largest absolute Gasteiger partial charge is 0.497 e. The molecule has 39 heavy (non-hydrogen) atoms. The molecule has 2 heterocycles. The molecule has 0 spiro atoms. The molecule has 0 bridgehead atoms. The molecule has 0 unspecified atom stereocenters. The third-order valence-electron chi connectivity index (χ3n) is 5.98. The minimum absolute atomic E-state index is 0.0566. The lowest BCUT2D eigenvalue weighted by atomic mass is 10.1. The van der Waals surface area contributed by atoms with Crippen molar-refractivity contribution < 1.29 is 9.47 Å². The molecular formula is C29H28ClN5O4. The van der Waals surface area contributed by atoms with E-state index in [2.05, 4.69) is 21.4 Å². The fraction of sp³-hybridized carbons (Fsp3) is 0.241. The lowest BCUT2D eigenvalue weighted by Crippen LogP contribution is -2.34. The van der Waals surface area contributed by atoms with E-state index in [-0.39, 0.29) is 23.5 Å². The summed E-state index contributed by atoms with van der Waals surface area (Å²) in [5.74, 6) is 1.49. The second-order valence-corrected chi connectivity index (χ2v) is 9.74. The van der Waals surface area contributed by atoms with Crippen molar-refractivity contribution in [3.05, 3.63) is 108 Å². The van der Waals surface area contributed by atoms with E-state index in [4.69, 9.17) is 21.1 Å². The molecule has 9 nitrogen and oxygen atoms in total. The third kappa shape index (κ3) is 6.67. The number of anilines is 1. The number of rotatable bonds is 9. The summed E-state index contributed by atoms with van der Waals surface area (Å²) in [5.41, 5.74) is 2.06. The molecule has 0 radical (unpaired) electrons. The van der Waals surface area contributed by atoms with Gasteiger partial charge in [0.1, 0.15) is 22.5 Å². The highest BCUT2D eigenvalue weighted by Crippen LogP contribution is 2.29. The maximum atomic E-state index is 13.1. The van der Waals surface area contributed by atoms with Gasteiger partial charge in [-0.1, -0.05) is 37.6 Å². The first-order valence-corrected chi connectivity index (χ1v) is 12.6. The average molecular weight is 546 g/mol. The van der Waals surface area contributed by atoms with Gasteiger partial charge in [0.05, 0.1) is 30.9 Å². The van der Waals surface area contributed by atoms with Crippen LogP contribution in [0.4, 0.5) is 5.82 Å². The summed E-state index contributed by atoms with van der Waals surface area (Å²) in [4.78, 5) is 32.6. The van der Waals surface area contributed by atoms with Crippen molar-refractivity contribution in [2.75, 3.05) is 12.4 Å². The number of aromatic amines is 1. The first kappa shape index (κ1) is 27.5. The minimum Gasteiger partial charge on any atom is -0.497 e. The van der Waals surface area contributed by atoms with Gasteiger partial charge in [0, 0.05) is 6.54 Å². The van der Waals surface area contributed by atoms with E-state index in [1.54, 1.807) is 37.4 Å². The molecular weight excluding hydrogens is 518 g/mol. The Morgan fingerprint density at radius 2 is 1.82 bits per heavy atom. The van der Waals surface area contributed by atoms with Crippen LogP contribution in [0.3, 0.4) is 0 Å². The predicted molar refractivity (Wildman–Crippen MR) is 150 cm³/mol. The van der Waals surface area contributed by atoms with E-state index >= 15 is 0 Å². The van der Waals surface area contributed by atoms with Gasteiger partial charge in [0.25, 0.3) is 5.56 Å². The highest BCUT2D eigenvalue weighted by molar-refractivity contribution is 6.29. The molecule has 10 heteroatoms. The molecule has 2 aromatic carbocycles. The van der Waals surface area contributed by atoms with Gasteiger partial charge in [0.2, 0.25) is 5.88 Å². The molecule has 0 saturated carbocycles. The van der Waals surface area contributed by atoms with Crippen LogP contribution in [0.5, 0.6) is 17.4 Å². The molecule has 2 N–H and O–H groups in total. The van der Waals surface area contributed by atoms with Crippen molar-refractivity contribution in [3.8, 4) is 23.4 Å². The number of methoxy groups -OCH3 is 1. The van der Waals surface area contributed by atoms with Crippen molar-refractivity contribution in [1.82, 2.24) is 14.5 Å². The van der Waals surface area contributed by atoms with Gasteiger partial charge in [-0.2, -0.15) is 5.26 Å². The van der Waals surface area contributed by atoms with Crippen LogP contribution in [0.25, 0.3) is 0 Å². The summed E-state index contributed by atoms with van der Waals surface area (Å²) in [6.07, 6.45) is 0. The molecule has 0 amide bonds. The summed E-state index contributed by atoms with van der Waals surface area (Å²) in [6, 6.07) is 18.2. The molecule has 200 valence electrons. The Kier molecular flexibility index (Phi) is 8.37. The van der Waals surface area contributed by atoms with Crippen LogP contribution >= 0.6 is 11.6 Å². The Morgan fingerprint density at radius 3 is 2.49 bits per heavy atom. The van der Waals surface area contributed by atoms with Gasteiger partial charge in [-0.05, 0) is 72.0 Å². The number of nitriles is 1. The minimum atomic E-state index is -0.631. The Balaban J connectivity index is 1.70. The summed E-state index contributed by atoms with van der Waals surface area (Å²) in [6.45, 7) is 6.07. The number of hydrogen-bond donors (Lipinski definition) is 2. The van der Waals surface area contributed by atoms with Gasteiger partial charge in [0.15, 0.2) is 0 Å². The van der Waals surface area contributed by atoms with Crippen molar-refractivity contribution in [2.24, 2.45) is 0 Å². The molecule has 0 fully saturated rings. The van der Waals surface area contributed by atoms with Gasteiger partial charge in [-0.3, -0.25) is 14.3 Å². The van der Waals surface area contributed by atoms with Gasteiger partial charge in [-0.25, -0.2) is 9.78 Å². The quantitative estimate of drug-likeness (QED) is 0.272. The lowest BCUT2D eigenvalue weighted by molar-refractivity contribution is 0.410. The van der Waals surface area contributed by atoms with E-state index in [0.29, 0.717) is 34.8 Å². The highest BCUT2D eigenvalue weighted by atomic mass is 35.5. The number of benzene rings is 2. The first-order chi connectivity index (χ1) is 18.7. The summed E-state index contributed by atoms with van der Waals surface area (Å²) in [7, 11) is 1.61. The predicted octanol–water partition coefficient (Wildman–Crippen LogP) is 5.35. The van der Waals surface area contributed by atoms with Crippen LogP contribution < -0.4 is 26.0 Å². The Morgan fingerprint density at radius 1 is 1.08 bits per heavy atom. The van der Waals surface area contributed by atoms with Crippen LogP contribution in [-0.4, -0.2) is 21.6 Å². The second-order valence-electron chi connectivity index (χ2n) is 9.35. The van der Waals surface area contributed by atoms with Crippen molar-refractivity contribution in [3.63, 3.8) is 0 Å². The average Bonchev–Trinajstić information content (AvgIpc) is 2.89. The summed E-state index contributed by atoms with van der Waals surface area (Å²) in [5, 5.41) is 12.9. The monoisotopic (exact) mass is 545 g/mol. The number of hydrogen-bond acceptors (Lipinski definition) is 7. The van der Waals surface area contributed by atoms with Gasteiger partial charge < -0.3 is 14.8 Å². The number of nitrogens with one attached hydrogen (secondary N) is 2. The Bertz CT molecular complexity index is 1650. The first-order valence-electron chi connectivity index (χ1n) is 12.3. The van der Waals surface area contributed by atoms with E-state index < -0.39 is 11.2 Å². The van der Waals surface area contributed by atoms with E-state index in [9.17, 15) is 14.9 Å². The van der Waals surface area contributed by atoms with E-state index in [1.807, 2.05) is 45.0 Å². The van der Waals surface area contributed by atoms with Gasteiger partial charge in [-0.15, -0.1) is 0 Å². The Hall–Kier alpha value is -4.55. The zero-order valence-corrected chi connectivity index (χ0v) is 22.8. The zero-order chi connectivity index (χ0) is 28.1. The number of halogens is 1. The number of ether oxygens (including phenoxy) is 2. The fourth-order valence-electron chi connectivity index (χ4n) is 4.16. The maximum Gasteiger partial charge on any atom is 0.331 e. The number of aryl methyl sites for hydroxylation is 1. The standard InChI is InChI=1S/C29H28ClN5O4/c1-17(2)26-27(36)34-29(37)35(28(26)39-23-10-18(3)9-20(11-23)14-31)16-21-12-24(30)33-25(13-21)32-15-19-5-7-22(38-4)8-6-19/h5-13,17H,15-16H2,1-4H3,(H,32,33)(H,34,36,37). The van der Waals surface area contributed by atoms with Crippen molar-refractivity contribution in [1.29, 1.82) is 5.26 Å².